The molecule has 2 aromatic rings. The second kappa shape index (κ2) is 9.20. The quantitative estimate of drug-likeness (QED) is 0.438. The van der Waals surface area contributed by atoms with Gasteiger partial charge in [-0.05, 0) is 61.8 Å². The van der Waals surface area contributed by atoms with Gasteiger partial charge in [0.05, 0.1) is 18.2 Å². The second-order valence-electron chi connectivity index (χ2n) is 7.04. The van der Waals surface area contributed by atoms with E-state index in [1.54, 1.807) is 7.11 Å². The van der Waals surface area contributed by atoms with Crippen LogP contribution in [-0.4, -0.2) is 31.4 Å². The van der Waals surface area contributed by atoms with Gasteiger partial charge >= 0.3 is 5.97 Å². The van der Waals surface area contributed by atoms with E-state index in [4.69, 9.17) is 21.7 Å². The highest BCUT2D eigenvalue weighted by Crippen LogP contribution is 2.35. The van der Waals surface area contributed by atoms with Crippen LogP contribution in [0.3, 0.4) is 0 Å². The van der Waals surface area contributed by atoms with Crippen molar-refractivity contribution >= 4 is 29.0 Å². The van der Waals surface area contributed by atoms with E-state index in [1.165, 1.54) is 0 Å². The minimum absolute atomic E-state index is 0.196. The molecular weight excluding hydrogens is 384 g/mol. The number of benzene rings is 2. The molecule has 0 aliphatic carbocycles. The average Bonchev–Trinajstić information content (AvgIpc) is 2.68. The van der Waals surface area contributed by atoms with Crippen LogP contribution in [-0.2, 0) is 14.3 Å². The van der Waals surface area contributed by atoms with Gasteiger partial charge in [0.2, 0.25) is 0 Å². The summed E-state index contributed by atoms with van der Waals surface area (Å²) in [5.41, 5.74) is 5.40. The van der Waals surface area contributed by atoms with Gasteiger partial charge in [-0.2, -0.15) is 0 Å². The maximum Gasteiger partial charge on any atom is 0.338 e. The van der Waals surface area contributed by atoms with Crippen LogP contribution in [0.2, 0.25) is 0 Å². The second-order valence-corrected chi connectivity index (χ2v) is 7.43. The molecule has 29 heavy (non-hydrogen) atoms. The third-order valence-corrected chi connectivity index (χ3v) is 5.29. The summed E-state index contributed by atoms with van der Waals surface area (Å²) in [5, 5.41) is 3.91. The molecule has 3 rings (SSSR count). The molecule has 0 saturated carbocycles. The van der Waals surface area contributed by atoms with Crippen molar-refractivity contribution in [3.8, 4) is 0 Å². The Hall–Kier alpha value is -2.70. The summed E-state index contributed by atoms with van der Waals surface area (Å²) in [6.45, 7) is 6.50. The van der Waals surface area contributed by atoms with Gasteiger partial charge in [0.25, 0.3) is 0 Å². The number of methoxy groups -OCH3 is 1. The molecule has 0 radical (unpaired) electrons. The summed E-state index contributed by atoms with van der Waals surface area (Å²) in [7, 11) is 1.58. The smallest absolute Gasteiger partial charge is 0.338 e. The zero-order valence-electron chi connectivity index (χ0n) is 17.2. The first-order valence-corrected chi connectivity index (χ1v) is 9.94. The molecule has 0 bridgehead atoms. The highest BCUT2D eigenvalue weighted by atomic mass is 32.1. The molecule has 0 aromatic heterocycles. The van der Waals surface area contributed by atoms with Gasteiger partial charge in [0.1, 0.15) is 6.61 Å². The number of carbonyl (C=O) groups excluding carboxylic acids is 1. The van der Waals surface area contributed by atoms with Crippen LogP contribution < -0.4 is 10.2 Å². The molecule has 5 nitrogen and oxygen atoms in total. The van der Waals surface area contributed by atoms with Crippen molar-refractivity contribution < 1.29 is 14.3 Å². The number of carbonyl (C=O) groups is 1. The number of anilines is 1. The molecule has 1 heterocycles. The number of hydrogen-bond donors (Lipinski definition) is 1. The molecule has 0 fully saturated rings. The van der Waals surface area contributed by atoms with Crippen molar-refractivity contribution in [3.05, 3.63) is 76.5 Å². The normalized spacial score (nSPS) is 16.6. The Labute approximate surface area is 177 Å². The van der Waals surface area contributed by atoms with Crippen molar-refractivity contribution in [3.63, 3.8) is 0 Å². The first-order valence-electron chi connectivity index (χ1n) is 9.53. The van der Waals surface area contributed by atoms with Crippen LogP contribution in [0.4, 0.5) is 5.69 Å². The maximum atomic E-state index is 13.1. The van der Waals surface area contributed by atoms with E-state index in [9.17, 15) is 4.79 Å². The van der Waals surface area contributed by atoms with Crippen LogP contribution in [0.15, 0.2) is 59.8 Å². The Bertz CT molecular complexity index is 955. The van der Waals surface area contributed by atoms with E-state index in [1.807, 2.05) is 74.2 Å². The molecule has 2 aromatic carbocycles. The Morgan fingerprint density at radius 3 is 2.55 bits per heavy atom. The molecule has 1 N–H and O–H groups in total. The SMILES string of the molecule is COCCOC(=O)C1=C(C)N(c2cccc(C)c2)C(=S)NC1c1ccccc1C. The number of nitrogens with one attached hydrogen (secondary N) is 1. The summed E-state index contributed by atoms with van der Waals surface area (Å²) < 4.78 is 10.5. The molecule has 0 saturated heterocycles. The predicted molar refractivity (Wildman–Crippen MR) is 119 cm³/mol. The van der Waals surface area contributed by atoms with E-state index < -0.39 is 0 Å². The predicted octanol–water partition coefficient (Wildman–Crippen LogP) is 4.20. The molecule has 0 amide bonds. The largest absolute Gasteiger partial charge is 0.460 e. The van der Waals surface area contributed by atoms with Gasteiger partial charge in [-0.1, -0.05) is 36.4 Å². The Morgan fingerprint density at radius 1 is 1.10 bits per heavy atom. The lowest BCUT2D eigenvalue weighted by Gasteiger charge is -2.38. The van der Waals surface area contributed by atoms with E-state index in [2.05, 4.69) is 5.32 Å². The molecule has 1 atom stereocenters. The van der Waals surface area contributed by atoms with E-state index >= 15 is 0 Å². The number of nitrogens with zero attached hydrogens (tertiary/aromatic N) is 1. The fourth-order valence-corrected chi connectivity index (χ4v) is 3.88. The number of thiocarbonyl (C=S) groups is 1. The molecule has 1 aliphatic rings. The molecule has 152 valence electrons. The molecule has 1 unspecified atom stereocenters. The average molecular weight is 411 g/mol. The number of rotatable bonds is 6. The topological polar surface area (TPSA) is 50.8 Å². The van der Waals surface area contributed by atoms with Gasteiger partial charge in [0, 0.05) is 18.5 Å². The van der Waals surface area contributed by atoms with Crippen molar-refractivity contribution in [2.45, 2.75) is 26.8 Å². The zero-order valence-corrected chi connectivity index (χ0v) is 18.0. The van der Waals surface area contributed by atoms with Gasteiger partial charge < -0.3 is 14.8 Å². The van der Waals surface area contributed by atoms with Crippen molar-refractivity contribution in [2.24, 2.45) is 0 Å². The summed E-state index contributed by atoms with van der Waals surface area (Å²) in [4.78, 5) is 15.0. The molecule has 1 aliphatic heterocycles. The summed E-state index contributed by atoms with van der Waals surface area (Å²) in [6.07, 6.45) is 0. The van der Waals surface area contributed by atoms with Crippen LogP contribution in [0.25, 0.3) is 0 Å². The molecule has 0 spiro atoms. The van der Waals surface area contributed by atoms with E-state index in [0.29, 0.717) is 17.3 Å². The van der Waals surface area contributed by atoms with E-state index in [-0.39, 0.29) is 18.6 Å². The fraction of sp³-hybridized carbons (Fsp3) is 0.304. The maximum absolute atomic E-state index is 13.1. The Morgan fingerprint density at radius 2 is 1.86 bits per heavy atom. The third-order valence-electron chi connectivity index (χ3n) is 4.98. The number of ether oxygens (including phenoxy) is 2. The fourth-order valence-electron chi connectivity index (χ4n) is 3.52. The minimum Gasteiger partial charge on any atom is -0.460 e. The lowest BCUT2D eigenvalue weighted by Crippen LogP contribution is -2.48. The van der Waals surface area contributed by atoms with Crippen molar-refractivity contribution in [1.29, 1.82) is 0 Å². The monoisotopic (exact) mass is 410 g/mol. The lowest BCUT2D eigenvalue weighted by atomic mass is 9.92. The van der Waals surface area contributed by atoms with Gasteiger partial charge in [-0.3, -0.25) is 4.90 Å². The van der Waals surface area contributed by atoms with Gasteiger partial charge in [0.15, 0.2) is 5.11 Å². The summed E-state index contributed by atoms with van der Waals surface area (Å²) in [6, 6.07) is 15.6. The summed E-state index contributed by atoms with van der Waals surface area (Å²) >= 11 is 5.70. The highest BCUT2D eigenvalue weighted by molar-refractivity contribution is 7.80. The van der Waals surface area contributed by atoms with E-state index in [0.717, 1.165) is 28.1 Å². The number of hydrogen-bond acceptors (Lipinski definition) is 4. The van der Waals surface area contributed by atoms with Crippen molar-refractivity contribution in [1.82, 2.24) is 5.32 Å². The van der Waals surface area contributed by atoms with Gasteiger partial charge in [-0.15, -0.1) is 0 Å². The third kappa shape index (κ3) is 4.49. The zero-order chi connectivity index (χ0) is 21.0. The lowest BCUT2D eigenvalue weighted by molar-refractivity contribution is -0.140. The number of allylic oxidation sites excluding steroid dienone is 1. The van der Waals surface area contributed by atoms with Crippen LogP contribution in [0.5, 0.6) is 0 Å². The standard InChI is InChI=1S/C23H26N2O3S/c1-15-8-7-10-18(14-15)25-17(3)20(22(26)28-13-12-27-4)21(24-23(25)29)19-11-6-5-9-16(19)2/h5-11,14,21H,12-13H2,1-4H3,(H,24,29). The number of esters is 1. The van der Waals surface area contributed by atoms with Crippen molar-refractivity contribution in [2.75, 3.05) is 25.2 Å². The first kappa shape index (κ1) is 21.0. The minimum atomic E-state index is -0.375. The summed E-state index contributed by atoms with van der Waals surface area (Å²) in [5.74, 6) is -0.375. The Kier molecular flexibility index (Phi) is 6.67. The first-order chi connectivity index (χ1) is 13.9. The molecular formula is C23H26N2O3S. The Balaban J connectivity index is 2.09. The van der Waals surface area contributed by atoms with Crippen LogP contribution >= 0.6 is 12.2 Å². The molecule has 6 heteroatoms. The van der Waals surface area contributed by atoms with Crippen LogP contribution in [0, 0.1) is 13.8 Å². The van der Waals surface area contributed by atoms with Crippen LogP contribution in [0.1, 0.15) is 29.7 Å². The highest BCUT2D eigenvalue weighted by Gasteiger charge is 2.36. The number of aryl methyl sites for hydroxylation is 2. The van der Waals surface area contributed by atoms with Gasteiger partial charge in [-0.25, -0.2) is 4.79 Å².